The molecule has 0 unspecified atom stereocenters. The first-order valence-corrected chi connectivity index (χ1v) is 5.41. The number of hydrazine groups is 1. The Kier molecular flexibility index (Phi) is 4.62. The van der Waals surface area contributed by atoms with Crippen LogP contribution >= 0.6 is 0 Å². The van der Waals surface area contributed by atoms with Crippen molar-refractivity contribution in [1.82, 2.24) is 9.97 Å². The highest BCUT2D eigenvalue weighted by atomic mass is 16.3. The van der Waals surface area contributed by atoms with Gasteiger partial charge in [-0.1, -0.05) is 6.92 Å². The van der Waals surface area contributed by atoms with Crippen LogP contribution in [0.5, 0.6) is 0 Å². The molecule has 17 heavy (non-hydrogen) atoms. The van der Waals surface area contributed by atoms with Crippen molar-refractivity contribution < 1.29 is 10.2 Å². The van der Waals surface area contributed by atoms with Crippen LogP contribution in [-0.4, -0.2) is 38.9 Å². The van der Waals surface area contributed by atoms with E-state index < -0.39 is 5.54 Å². The Labute approximate surface area is 100 Å². The Hall–Kier alpha value is -1.44. The number of nitrogens with zero attached hydrogens (tertiary/aromatic N) is 2. The summed E-state index contributed by atoms with van der Waals surface area (Å²) in [7, 11) is 0. The molecule has 1 aromatic rings. The minimum atomic E-state index is -0.828. The molecule has 1 heterocycles. The van der Waals surface area contributed by atoms with Crippen molar-refractivity contribution in [3.63, 3.8) is 0 Å². The highest BCUT2D eigenvalue weighted by Crippen LogP contribution is 2.16. The summed E-state index contributed by atoms with van der Waals surface area (Å²) in [6, 6.07) is 1.61. The summed E-state index contributed by atoms with van der Waals surface area (Å²) < 4.78 is 0. The fraction of sp³-hybridized carbons (Fsp3) is 0.600. The van der Waals surface area contributed by atoms with Gasteiger partial charge in [-0.15, -0.1) is 0 Å². The van der Waals surface area contributed by atoms with Crippen LogP contribution in [0.3, 0.4) is 0 Å². The second-order valence-electron chi connectivity index (χ2n) is 4.05. The van der Waals surface area contributed by atoms with Crippen LogP contribution < -0.4 is 16.6 Å². The van der Waals surface area contributed by atoms with Gasteiger partial charge in [0.05, 0.1) is 18.8 Å². The first-order valence-electron chi connectivity index (χ1n) is 5.41. The molecule has 6 N–H and O–H groups in total. The average molecular weight is 241 g/mol. The molecule has 7 nitrogen and oxygen atoms in total. The molecular formula is C10H19N5O2. The van der Waals surface area contributed by atoms with Gasteiger partial charge < -0.3 is 21.0 Å². The molecule has 0 spiro atoms. The number of aliphatic hydroxyl groups is 2. The molecule has 0 aliphatic heterocycles. The molecule has 0 saturated heterocycles. The quantitative estimate of drug-likeness (QED) is 0.336. The Morgan fingerprint density at radius 2 is 1.88 bits per heavy atom. The summed E-state index contributed by atoms with van der Waals surface area (Å²) >= 11 is 0. The lowest BCUT2D eigenvalue weighted by Crippen LogP contribution is -2.42. The summed E-state index contributed by atoms with van der Waals surface area (Å²) in [5.74, 6) is 6.92. The molecule has 0 atom stereocenters. The number of nitrogens with two attached hydrogens (primary N) is 1. The Morgan fingerprint density at radius 1 is 1.29 bits per heavy atom. The van der Waals surface area contributed by atoms with Gasteiger partial charge in [0.1, 0.15) is 17.5 Å². The maximum absolute atomic E-state index is 9.19. The number of hydrogen-bond donors (Lipinski definition) is 5. The van der Waals surface area contributed by atoms with Gasteiger partial charge >= 0.3 is 0 Å². The van der Waals surface area contributed by atoms with E-state index in [1.165, 1.54) is 0 Å². The van der Waals surface area contributed by atoms with E-state index in [1.807, 2.05) is 6.92 Å². The predicted molar refractivity (Wildman–Crippen MR) is 65.4 cm³/mol. The zero-order valence-electron chi connectivity index (χ0n) is 10.1. The third-order valence-electron chi connectivity index (χ3n) is 2.36. The molecule has 0 fully saturated rings. The van der Waals surface area contributed by atoms with Gasteiger partial charge in [0.15, 0.2) is 0 Å². The van der Waals surface area contributed by atoms with Crippen LogP contribution in [0.25, 0.3) is 0 Å². The minimum absolute atomic E-state index is 0.208. The van der Waals surface area contributed by atoms with Gasteiger partial charge in [-0.2, -0.15) is 0 Å². The van der Waals surface area contributed by atoms with E-state index in [4.69, 9.17) is 5.84 Å². The third kappa shape index (κ3) is 3.52. The van der Waals surface area contributed by atoms with Crippen LogP contribution in [0.2, 0.25) is 0 Å². The van der Waals surface area contributed by atoms with Crippen molar-refractivity contribution in [2.45, 2.75) is 25.8 Å². The number of anilines is 2. The highest BCUT2D eigenvalue weighted by Gasteiger charge is 2.22. The normalized spacial score (nSPS) is 11.4. The molecule has 0 aromatic carbocycles. The average Bonchev–Trinajstić information content (AvgIpc) is 2.37. The van der Waals surface area contributed by atoms with E-state index in [-0.39, 0.29) is 13.2 Å². The zero-order valence-corrected chi connectivity index (χ0v) is 10.1. The Bertz CT molecular complexity index is 345. The van der Waals surface area contributed by atoms with Crippen molar-refractivity contribution in [3.05, 3.63) is 11.9 Å². The van der Waals surface area contributed by atoms with E-state index in [1.54, 1.807) is 13.0 Å². The largest absolute Gasteiger partial charge is 0.394 e. The van der Waals surface area contributed by atoms with Crippen LogP contribution in [0.4, 0.5) is 11.6 Å². The highest BCUT2D eigenvalue weighted by molar-refractivity contribution is 5.48. The Balaban J connectivity index is 2.97. The van der Waals surface area contributed by atoms with Gasteiger partial charge in [-0.25, -0.2) is 15.8 Å². The number of aromatic nitrogens is 2. The SMILES string of the molecule is CCc1nc(NN)cc(NC(C)(CO)CO)n1. The molecule has 7 heteroatoms. The van der Waals surface area contributed by atoms with E-state index in [0.717, 1.165) is 0 Å². The summed E-state index contributed by atoms with van der Waals surface area (Å²) in [6.45, 7) is 3.20. The molecule has 0 radical (unpaired) electrons. The van der Waals surface area contributed by atoms with Gasteiger partial charge in [0.25, 0.3) is 0 Å². The lowest BCUT2D eigenvalue weighted by molar-refractivity contribution is 0.147. The third-order valence-corrected chi connectivity index (χ3v) is 2.36. The lowest BCUT2D eigenvalue weighted by atomic mass is 10.1. The number of aliphatic hydroxyl groups excluding tert-OH is 2. The van der Waals surface area contributed by atoms with Crippen LogP contribution in [0.1, 0.15) is 19.7 Å². The maximum atomic E-state index is 9.19. The van der Waals surface area contributed by atoms with E-state index in [2.05, 4.69) is 20.7 Å². The molecule has 0 aliphatic carbocycles. The van der Waals surface area contributed by atoms with Gasteiger partial charge in [-0.05, 0) is 6.92 Å². The molecule has 96 valence electrons. The summed E-state index contributed by atoms with van der Waals surface area (Å²) in [6.07, 6.45) is 0.666. The maximum Gasteiger partial charge on any atom is 0.145 e. The molecule has 0 aliphatic rings. The van der Waals surface area contributed by atoms with Crippen molar-refractivity contribution >= 4 is 11.6 Å². The van der Waals surface area contributed by atoms with E-state index in [9.17, 15) is 10.2 Å². The number of nitrogens with one attached hydrogen (secondary N) is 2. The zero-order chi connectivity index (χ0) is 12.9. The van der Waals surface area contributed by atoms with Gasteiger partial charge in [-0.3, -0.25) is 0 Å². The monoisotopic (exact) mass is 241 g/mol. The smallest absolute Gasteiger partial charge is 0.145 e. The second-order valence-corrected chi connectivity index (χ2v) is 4.05. The number of rotatable bonds is 6. The molecule has 0 saturated carbocycles. The molecule has 0 bridgehead atoms. The van der Waals surface area contributed by atoms with Crippen molar-refractivity contribution in [1.29, 1.82) is 0 Å². The first kappa shape index (κ1) is 13.6. The second kappa shape index (κ2) is 5.76. The molecule has 1 aromatic heterocycles. The standard InChI is InChI=1S/C10H19N5O2/c1-3-7-12-8(4-9(13-7)15-11)14-10(2,5-16)6-17/h4,16-17H,3,5-6,11H2,1-2H3,(H2,12,13,14,15). The molecular weight excluding hydrogens is 222 g/mol. The summed E-state index contributed by atoms with van der Waals surface area (Å²) in [4.78, 5) is 8.38. The molecule has 0 amide bonds. The number of aryl methyl sites for hydroxylation is 1. The summed E-state index contributed by atoms with van der Waals surface area (Å²) in [5.41, 5.74) is 1.62. The van der Waals surface area contributed by atoms with E-state index >= 15 is 0 Å². The first-order chi connectivity index (χ1) is 8.06. The summed E-state index contributed by atoms with van der Waals surface area (Å²) in [5, 5.41) is 21.3. The van der Waals surface area contributed by atoms with Crippen LogP contribution in [0, 0.1) is 0 Å². The van der Waals surface area contributed by atoms with Gasteiger partial charge in [0, 0.05) is 12.5 Å². The van der Waals surface area contributed by atoms with Crippen LogP contribution in [0.15, 0.2) is 6.07 Å². The predicted octanol–water partition coefficient (Wildman–Crippen LogP) is -0.520. The van der Waals surface area contributed by atoms with Gasteiger partial charge in [0.2, 0.25) is 0 Å². The Morgan fingerprint density at radius 3 is 2.35 bits per heavy atom. The van der Waals surface area contributed by atoms with Crippen molar-refractivity contribution in [2.75, 3.05) is 24.0 Å². The van der Waals surface area contributed by atoms with E-state index in [0.29, 0.717) is 23.9 Å². The molecule has 1 rings (SSSR count). The minimum Gasteiger partial charge on any atom is -0.394 e. The number of nitrogen functional groups attached to an aromatic ring is 1. The fourth-order valence-corrected chi connectivity index (χ4v) is 1.23. The van der Waals surface area contributed by atoms with Crippen LogP contribution in [-0.2, 0) is 6.42 Å². The number of hydrogen-bond acceptors (Lipinski definition) is 7. The van der Waals surface area contributed by atoms with Crippen molar-refractivity contribution in [3.8, 4) is 0 Å². The fourth-order valence-electron chi connectivity index (χ4n) is 1.23. The lowest BCUT2D eigenvalue weighted by Gasteiger charge is -2.27. The van der Waals surface area contributed by atoms with Crippen molar-refractivity contribution in [2.24, 2.45) is 5.84 Å². The topological polar surface area (TPSA) is 116 Å².